The second-order valence-corrected chi connectivity index (χ2v) is 3.90. The van der Waals surface area contributed by atoms with E-state index >= 15 is 0 Å². The highest BCUT2D eigenvalue weighted by Gasteiger charge is 2.02. The lowest BCUT2D eigenvalue weighted by Gasteiger charge is -2.02. The summed E-state index contributed by atoms with van der Waals surface area (Å²) in [6, 6.07) is 18.6. The van der Waals surface area contributed by atoms with Crippen molar-refractivity contribution in [3.8, 4) is 11.3 Å². The van der Waals surface area contributed by atoms with E-state index in [-0.39, 0.29) is 0 Å². The van der Waals surface area contributed by atoms with Gasteiger partial charge in [-0.1, -0.05) is 30.3 Å². The first-order chi connectivity index (χ1) is 7.84. The summed E-state index contributed by atoms with van der Waals surface area (Å²) in [5.41, 5.74) is 4.45. The maximum atomic E-state index is 4.62. The van der Waals surface area contributed by atoms with Crippen LogP contribution in [0.1, 0.15) is 5.69 Å². The molecule has 0 unspecified atom stereocenters. The van der Waals surface area contributed by atoms with Gasteiger partial charge in [0.2, 0.25) is 0 Å². The van der Waals surface area contributed by atoms with Crippen LogP contribution in [0.3, 0.4) is 0 Å². The largest absolute Gasteiger partial charge is 0.238 e. The van der Waals surface area contributed by atoms with Gasteiger partial charge in [-0.3, -0.25) is 0 Å². The molecule has 16 heavy (non-hydrogen) atoms. The summed E-state index contributed by atoms with van der Waals surface area (Å²) in [5, 5.41) is 4.62. The summed E-state index contributed by atoms with van der Waals surface area (Å²) in [4.78, 5) is 0. The second kappa shape index (κ2) is 3.49. The van der Waals surface area contributed by atoms with Gasteiger partial charge in [0.15, 0.2) is 0 Å². The Balaban J connectivity index is 2.22. The van der Waals surface area contributed by atoms with E-state index in [4.69, 9.17) is 0 Å². The molecule has 3 aromatic rings. The van der Waals surface area contributed by atoms with Gasteiger partial charge in [-0.05, 0) is 31.2 Å². The molecule has 0 fully saturated rings. The van der Waals surface area contributed by atoms with Crippen molar-refractivity contribution in [1.29, 1.82) is 0 Å². The Morgan fingerprint density at radius 1 is 0.875 bits per heavy atom. The first-order valence-corrected chi connectivity index (χ1v) is 5.35. The average Bonchev–Trinajstić information content (AvgIpc) is 2.72. The molecular formula is C14H12N2. The van der Waals surface area contributed by atoms with E-state index in [1.165, 1.54) is 0 Å². The van der Waals surface area contributed by atoms with Crippen molar-refractivity contribution >= 4 is 5.52 Å². The van der Waals surface area contributed by atoms with Gasteiger partial charge in [0, 0.05) is 11.3 Å². The Bertz CT molecular complexity index is 624. The molecule has 0 bridgehead atoms. The molecule has 2 nitrogen and oxygen atoms in total. The Morgan fingerprint density at radius 3 is 2.44 bits per heavy atom. The summed E-state index contributed by atoms with van der Waals surface area (Å²) >= 11 is 0. The fraction of sp³-hybridized carbons (Fsp3) is 0.0714. The third-order valence-electron chi connectivity index (χ3n) is 2.76. The van der Waals surface area contributed by atoms with Crippen molar-refractivity contribution < 1.29 is 0 Å². The third kappa shape index (κ3) is 1.39. The summed E-state index contributed by atoms with van der Waals surface area (Å²) in [7, 11) is 0. The van der Waals surface area contributed by atoms with Gasteiger partial charge >= 0.3 is 0 Å². The molecule has 0 aliphatic heterocycles. The molecule has 78 valence electrons. The Hall–Kier alpha value is -2.09. The first-order valence-electron chi connectivity index (χ1n) is 5.35. The van der Waals surface area contributed by atoms with Crippen LogP contribution in [0.15, 0.2) is 54.6 Å². The lowest BCUT2D eigenvalue weighted by Crippen LogP contribution is -1.95. The zero-order valence-electron chi connectivity index (χ0n) is 9.09. The molecule has 2 aromatic heterocycles. The summed E-state index contributed by atoms with van der Waals surface area (Å²) in [6.45, 7) is 2.06. The molecule has 0 atom stereocenters. The van der Waals surface area contributed by atoms with E-state index in [9.17, 15) is 0 Å². The van der Waals surface area contributed by atoms with Crippen molar-refractivity contribution in [1.82, 2.24) is 9.61 Å². The van der Waals surface area contributed by atoms with Gasteiger partial charge in [-0.25, -0.2) is 4.52 Å². The number of hydrogen-bond acceptors (Lipinski definition) is 1. The number of nitrogens with zero attached hydrogens (tertiary/aromatic N) is 2. The van der Waals surface area contributed by atoms with Gasteiger partial charge in [0.25, 0.3) is 0 Å². The third-order valence-corrected chi connectivity index (χ3v) is 2.76. The quantitative estimate of drug-likeness (QED) is 0.599. The molecule has 0 N–H and O–H groups in total. The highest BCUT2D eigenvalue weighted by Crippen LogP contribution is 2.17. The maximum Gasteiger partial charge on any atom is 0.0913 e. The molecule has 0 saturated heterocycles. The zero-order chi connectivity index (χ0) is 11.0. The van der Waals surface area contributed by atoms with Crippen molar-refractivity contribution in [2.75, 3.05) is 0 Å². The molecule has 3 rings (SSSR count). The molecule has 2 heteroatoms. The number of fused-ring (bicyclic) bond motifs is 1. The zero-order valence-corrected chi connectivity index (χ0v) is 9.09. The van der Waals surface area contributed by atoms with Crippen LogP contribution >= 0.6 is 0 Å². The second-order valence-electron chi connectivity index (χ2n) is 3.90. The Morgan fingerprint density at radius 2 is 1.62 bits per heavy atom. The van der Waals surface area contributed by atoms with Gasteiger partial charge in [0.05, 0.1) is 11.2 Å². The number of aryl methyl sites for hydroxylation is 1. The van der Waals surface area contributed by atoms with Gasteiger partial charge in [-0.2, -0.15) is 5.10 Å². The molecule has 0 saturated carbocycles. The molecule has 1 aromatic carbocycles. The first kappa shape index (κ1) is 9.16. The van der Waals surface area contributed by atoms with Crippen LogP contribution in [0.4, 0.5) is 0 Å². The van der Waals surface area contributed by atoms with Gasteiger partial charge in [0.1, 0.15) is 0 Å². The number of benzene rings is 1. The predicted molar refractivity (Wildman–Crippen MR) is 65.4 cm³/mol. The van der Waals surface area contributed by atoms with Crippen LogP contribution in [0.25, 0.3) is 16.8 Å². The maximum absolute atomic E-state index is 4.62. The molecule has 0 aliphatic carbocycles. The van der Waals surface area contributed by atoms with E-state index in [0.29, 0.717) is 0 Å². The van der Waals surface area contributed by atoms with E-state index in [1.807, 2.05) is 22.7 Å². The predicted octanol–water partition coefficient (Wildman–Crippen LogP) is 3.31. The van der Waals surface area contributed by atoms with Crippen LogP contribution in [-0.4, -0.2) is 9.61 Å². The van der Waals surface area contributed by atoms with Crippen LogP contribution in [-0.2, 0) is 0 Å². The molecule has 0 amide bonds. The summed E-state index contributed by atoms with van der Waals surface area (Å²) < 4.78 is 1.97. The van der Waals surface area contributed by atoms with Gasteiger partial charge < -0.3 is 0 Å². The van der Waals surface area contributed by atoms with Crippen molar-refractivity contribution in [3.05, 3.63) is 60.3 Å². The minimum atomic E-state index is 1.01. The number of rotatable bonds is 1. The molecule has 0 aliphatic rings. The topological polar surface area (TPSA) is 17.3 Å². The average molecular weight is 208 g/mol. The number of hydrogen-bond donors (Lipinski definition) is 0. The van der Waals surface area contributed by atoms with Crippen molar-refractivity contribution in [2.45, 2.75) is 6.92 Å². The summed E-state index contributed by atoms with van der Waals surface area (Å²) in [6.07, 6.45) is 0. The molecular weight excluding hydrogens is 196 g/mol. The monoisotopic (exact) mass is 208 g/mol. The number of aromatic nitrogens is 2. The lowest BCUT2D eigenvalue weighted by atomic mass is 10.1. The smallest absolute Gasteiger partial charge is 0.0913 e. The highest BCUT2D eigenvalue weighted by molar-refractivity contribution is 5.61. The van der Waals surface area contributed by atoms with Crippen LogP contribution in [0, 0.1) is 6.92 Å². The molecule has 0 radical (unpaired) electrons. The summed E-state index contributed by atoms with van der Waals surface area (Å²) in [5.74, 6) is 0. The molecule has 2 heterocycles. The van der Waals surface area contributed by atoms with Crippen LogP contribution < -0.4 is 0 Å². The SMILES string of the molecule is Cc1ccc2ccc(-c3ccccc3)nn12. The normalized spacial score (nSPS) is 10.8. The lowest BCUT2D eigenvalue weighted by molar-refractivity contribution is 0.908. The molecule has 0 spiro atoms. The van der Waals surface area contributed by atoms with Crippen LogP contribution in [0.2, 0.25) is 0 Å². The van der Waals surface area contributed by atoms with E-state index < -0.39 is 0 Å². The van der Waals surface area contributed by atoms with E-state index in [0.717, 1.165) is 22.5 Å². The van der Waals surface area contributed by atoms with E-state index in [1.54, 1.807) is 0 Å². The van der Waals surface area contributed by atoms with Crippen LogP contribution in [0.5, 0.6) is 0 Å². The van der Waals surface area contributed by atoms with Crippen molar-refractivity contribution in [2.24, 2.45) is 0 Å². The minimum absolute atomic E-state index is 1.01. The fourth-order valence-electron chi connectivity index (χ4n) is 1.88. The van der Waals surface area contributed by atoms with Gasteiger partial charge in [-0.15, -0.1) is 0 Å². The minimum Gasteiger partial charge on any atom is -0.238 e. The Kier molecular flexibility index (Phi) is 2.00. The van der Waals surface area contributed by atoms with E-state index in [2.05, 4.69) is 48.4 Å². The Labute approximate surface area is 94.2 Å². The highest BCUT2D eigenvalue weighted by atomic mass is 15.2. The van der Waals surface area contributed by atoms with Crippen molar-refractivity contribution in [3.63, 3.8) is 0 Å². The standard InChI is InChI=1S/C14H12N2/c1-11-7-8-13-9-10-14(15-16(11)13)12-5-3-2-4-6-12/h2-10H,1H3. The fourth-order valence-corrected chi connectivity index (χ4v) is 1.88.